The highest BCUT2D eigenvalue weighted by Gasteiger charge is 2.45. The Kier molecular flexibility index (Phi) is 5.63. The highest BCUT2D eigenvalue weighted by molar-refractivity contribution is 7.90. The fourth-order valence-electron chi connectivity index (χ4n) is 5.12. The molecule has 1 N–H and O–H groups in total. The smallest absolute Gasteiger partial charge is 0.269 e. The van der Waals surface area contributed by atoms with Crippen molar-refractivity contribution in [2.24, 2.45) is 0 Å². The van der Waals surface area contributed by atoms with Gasteiger partial charge in [-0.05, 0) is 50.8 Å². The zero-order valence-electron chi connectivity index (χ0n) is 20.3. The van der Waals surface area contributed by atoms with E-state index in [9.17, 15) is 16.8 Å². The molecule has 1 aromatic carbocycles. The molecule has 6 rings (SSSR count). The normalized spacial score (nSPS) is 23.4. The van der Waals surface area contributed by atoms with Crippen LogP contribution >= 0.6 is 0 Å². The summed E-state index contributed by atoms with van der Waals surface area (Å²) in [5.74, 6) is 0.628. The Hall–Kier alpha value is -2.54. The van der Waals surface area contributed by atoms with E-state index in [0.29, 0.717) is 48.8 Å². The molecule has 2 aromatic heterocycles. The van der Waals surface area contributed by atoms with Gasteiger partial charge in [0.15, 0.2) is 5.65 Å². The van der Waals surface area contributed by atoms with Gasteiger partial charge in [0.05, 0.1) is 10.3 Å². The maximum Gasteiger partial charge on any atom is 0.269 e. The Morgan fingerprint density at radius 3 is 2.36 bits per heavy atom. The van der Waals surface area contributed by atoms with E-state index in [4.69, 9.17) is 0 Å². The van der Waals surface area contributed by atoms with Gasteiger partial charge in [0, 0.05) is 44.5 Å². The van der Waals surface area contributed by atoms with Gasteiger partial charge in [-0.15, -0.1) is 0 Å². The van der Waals surface area contributed by atoms with Gasteiger partial charge in [-0.3, -0.25) is 4.90 Å². The number of benzene rings is 1. The Morgan fingerprint density at radius 2 is 1.69 bits per heavy atom. The van der Waals surface area contributed by atoms with Crippen molar-refractivity contribution in [2.75, 3.05) is 25.0 Å². The summed E-state index contributed by atoms with van der Waals surface area (Å²) in [7, 11) is -5.22. The maximum atomic E-state index is 13.2. The predicted molar refractivity (Wildman–Crippen MR) is 137 cm³/mol. The third kappa shape index (κ3) is 4.09. The summed E-state index contributed by atoms with van der Waals surface area (Å²) in [4.78, 5) is 13.1. The van der Waals surface area contributed by atoms with Gasteiger partial charge in [0.25, 0.3) is 10.0 Å². The topological polar surface area (TPSA) is 117 Å². The lowest BCUT2D eigenvalue weighted by molar-refractivity contribution is 0.173. The van der Waals surface area contributed by atoms with E-state index in [2.05, 4.69) is 19.6 Å². The molecule has 0 amide bonds. The lowest BCUT2D eigenvalue weighted by Crippen LogP contribution is -2.61. The number of hydrogen-bond donors (Lipinski definition) is 1. The Morgan fingerprint density at radius 1 is 1.00 bits per heavy atom. The Labute approximate surface area is 211 Å². The van der Waals surface area contributed by atoms with Crippen molar-refractivity contribution in [2.45, 2.75) is 60.9 Å². The fourth-order valence-corrected chi connectivity index (χ4v) is 8.05. The van der Waals surface area contributed by atoms with Crippen LogP contribution in [0.5, 0.6) is 0 Å². The minimum absolute atomic E-state index is 0.0946. The minimum atomic E-state index is -3.81. The molecule has 192 valence electrons. The molecule has 0 unspecified atom stereocenters. The number of fused-ring (bicyclic) bond motifs is 1. The second kappa shape index (κ2) is 8.51. The zero-order chi connectivity index (χ0) is 25.2. The fraction of sp³-hybridized carbons (Fsp3) is 0.500. The molecule has 36 heavy (non-hydrogen) atoms. The van der Waals surface area contributed by atoms with Crippen molar-refractivity contribution in [3.05, 3.63) is 48.4 Å². The number of hydrogen-bond acceptors (Lipinski definition) is 8. The molecule has 0 radical (unpaired) electrons. The van der Waals surface area contributed by atoms with Crippen molar-refractivity contribution < 1.29 is 16.8 Å². The molecule has 3 fully saturated rings. The SMILES string of the molecule is Cc1ccc(S(=O)(=O)n2ccc3c(N(C)C4CC(NS(=O)(=O)C5CN(C6CC6)C5)C4)ncnc32)cc1. The van der Waals surface area contributed by atoms with E-state index < -0.39 is 20.0 Å². The first-order valence-electron chi connectivity index (χ1n) is 12.3. The quantitative estimate of drug-likeness (QED) is 0.468. The van der Waals surface area contributed by atoms with E-state index in [0.717, 1.165) is 5.56 Å². The van der Waals surface area contributed by atoms with Gasteiger partial charge < -0.3 is 4.90 Å². The summed E-state index contributed by atoms with van der Waals surface area (Å²) in [6, 6.07) is 9.03. The van der Waals surface area contributed by atoms with E-state index in [1.165, 1.54) is 29.3 Å². The van der Waals surface area contributed by atoms with Crippen LogP contribution in [-0.2, 0) is 20.0 Å². The number of aromatic nitrogens is 3. The van der Waals surface area contributed by atoms with Crippen LogP contribution in [0.1, 0.15) is 31.2 Å². The molecule has 2 aliphatic carbocycles. The van der Waals surface area contributed by atoms with Crippen LogP contribution in [0.15, 0.2) is 47.8 Å². The van der Waals surface area contributed by atoms with Crippen molar-refractivity contribution in [3.8, 4) is 0 Å². The van der Waals surface area contributed by atoms with Gasteiger partial charge in [-0.1, -0.05) is 17.7 Å². The molecule has 0 bridgehead atoms. The van der Waals surface area contributed by atoms with Crippen molar-refractivity contribution in [3.63, 3.8) is 0 Å². The lowest BCUT2D eigenvalue weighted by atomic mass is 9.86. The number of aryl methyl sites for hydroxylation is 1. The number of nitrogens with one attached hydrogen (secondary N) is 1. The molecule has 1 aliphatic heterocycles. The van der Waals surface area contributed by atoms with Gasteiger partial charge in [-0.2, -0.15) is 0 Å². The summed E-state index contributed by atoms with van der Waals surface area (Å²) in [6.07, 6.45) is 6.59. The molecule has 3 aliphatic rings. The number of rotatable bonds is 8. The summed E-state index contributed by atoms with van der Waals surface area (Å²) in [5, 5.41) is 0.320. The predicted octanol–water partition coefficient (Wildman–Crippen LogP) is 1.71. The molecular formula is C24H30N6O4S2. The van der Waals surface area contributed by atoms with Crippen LogP contribution in [0.25, 0.3) is 11.0 Å². The Balaban J connectivity index is 1.15. The molecule has 0 spiro atoms. The van der Waals surface area contributed by atoms with Crippen LogP contribution < -0.4 is 9.62 Å². The van der Waals surface area contributed by atoms with Gasteiger partial charge >= 0.3 is 0 Å². The third-order valence-corrected chi connectivity index (χ3v) is 11.2. The molecule has 10 nitrogen and oxygen atoms in total. The summed E-state index contributed by atoms with van der Waals surface area (Å²) in [5.41, 5.74) is 1.29. The largest absolute Gasteiger partial charge is 0.356 e. The molecule has 12 heteroatoms. The number of likely N-dealkylation sites (tertiary alicyclic amines) is 1. The van der Waals surface area contributed by atoms with Crippen molar-refractivity contribution >= 4 is 36.9 Å². The lowest BCUT2D eigenvalue weighted by Gasteiger charge is -2.44. The van der Waals surface area contributed by atoms with Crippen molar-refractivity contribution in [1.29, 1.82) is 0 Å². The summed E-state index contributed by atoms with van der Waals surface area (Å²) < 4.78 is 56.0. The zero-order valence-corrected chi connectivity index (χ0v) is 21.9. The van der Waals surface area contributed by atoms with Crippen molar-refractivity contribution in [1.82, 2.24) is 23.6 Å². The summed E-state index contributed by atoms with van der Waals surface area (Å²) >= 11 is 0. The molecule has 1 saturated heterocycles. The van der Waals surface area contributed by atoms with E-state index in [-0.39, 0.29) is 22.2 Å². The number of anilines is 1. The van der Waals surface area contributed by atoms with Crippen LogP contribution in [0, 0.1) is 6.92 Å². The second-order valence-electron chi connectivity index (χ2n) is 10.3. The maximum absolute atomic E-state index is 13.2. The minimum Gasteiger partial charge on any atom is -0.356 e. The van der Waals surface area contributed by atoms with E-state index in [1.54, 1.807) is 30.3 Å². The first-order valence-corrected chi connectivity index (χ1v) is 15.2. The van der Waals surface area contributed by atoms with Crippen LogP contribution in [-0.4, -0.2) is 79.2 Å². The van der Waals surface area contributed by atoms with E-state index in [1.807, 2.05) is 18.9 Å². The third-order valence-electron chi connectivity index (χ3n) is 7.71. The van der Waals surface area contributed by atoms with Crippen LogP contribution in [0.4, 0.5) is 5.82 Å². The van der Waals surface area contributed by atoms with E-state index >= 15 is 0 Å². The molecular weight excluding hydrogens is 500 g/mol. The molecule has 2 saturated carbocycles. The average molecular weight is 531 g/mol. The highest BCUT2D eigenvalue weighted by Crippen LogP contribution is 2.35. The molecule has 3 heterocycles. The summed E-state index contributed by atoms with van der Waals surface area (Å²) in [6.45, 7) is 3.18. The Bertz CT molecular complexity index is 1500. The van der Waals surface area contributed by atoms with Crippen LogP contribution in [0.2, 0.25) is 0 Å². The second-order valence-corrected chi connectivity index (χ2v) is 14.1. The van der Waals surface area contributed by atoms with Gasteiger partial charge in [0.1, 0.15) is 17.4 Å². The number of nitrogens with zero attached hydrogens (tertiary/aromatic N) is 5. The number of sulfonamides is 1. The highest BCUT2D eigenvalue weighted by atomic mass is 32.2. The first kappa shape index (κ1) is 23.8. The van der Waals surface area contributed by atoms with Crippen LogP contribution in [0.3, 0.4) is 0 Å². The average Bonchev–Trinajstić information content (AvgIpc) is 3.50. The monoisotopic (exact) mass is 530 g/mol. The standard InChI is InChI=1S/C24H30N6O4S2/c1-16-3-7-20(8-4-16)36(33,34)30-10-9-22-23(25-15-26-24(22)30)28(2)19-11-17(12-19)27-35(31,32)21-13-29(14-21)18-5-6-18/h3-4,7-10,15,17-19,21,27H,5-6,11-14H2,1-2H3. The first-order chi connectivity index (χ1) is 17.1. The molecule has 3 aromatic rings. The van der Waals surface area contributed by atoms with Gasteiger partial charge in [0.2, 0.25) is 10.0 Å². The molecule has 0 atom stereocenters. The van der Waals surface area contributed by atoms with Gasteiger partial charge in [-0.25, -0.2) is 35.5 Å².